The largest absolute Gasteiger partial charge is 0.338 e. The van der Waals surface area contributed by atoms with Gasteiger partial charge in [0.15, 0.2) is 0 Å². The molecule has 2 N–H and O–H groups in total. The van der Waals surface area contributed by atoms with Crippen molar-refractivity contribution in [1.82, 2.24) is 15.5 Å². The van der Waals surface area contributed by atoms with Gasteiger partial charge >= 0.3 is 6.03 Å². The summed E-state index contributed by atoms with van der Waals surface area (Å²) < 4.78 is 0. The minimum absolute atomic E-state index is 0.0338. The molecule has 2 atom stereocenters. The van der Waals surface area contributed by atoms with Crippen molar-refractivity contribution in [2.45, 2.75) is 45.7 Å². The maximum atomic E-state index is 11.3. The molecule has 1 saturated heterocycles. The molecule has 1 fully saturated rings. The van der Waals surface area contributed by atoms with Crippen LogP contribution in [-0.4, -0.2) is 42.6 Å². The molecule has 0 aromatic rings. The fourth-order valence-electron chi connectivity index (χ4n) is 1.96. The summed E-state index contributed by atoms with van der Waals surface area (Å²) in [7, 11) is 0. The Bertz CT molecular complexity index is 208. The zero-order valence-corrected chi connectivity index (χ0v) is 10.0. The number of carbonyl (C=O) groups is 1. The van der Waals surface area contributed by atoms with Gasteiger partial charge in [-0.3, -0.25) is 4.90 Å². The molecule has 0 saturated carbocycles. The van der Waals surface area contributed by atoms with Crippen LogP contribution in [0.2, 0.25) is 0 Å². The van der Waals surface area contributed by atoms with Crippen LogP contribution < -0.4 is 10.6 Å². The van der Waals surface area contributed by atoms with E-state index in [1.807, 2.05) is 6.92 Å². The molecular weight excluding hydrogens is 190 g/mol. The number of hydrogen-bond donors (Lipinski definition) is 2. The zero-order chi connectivity index (χ0) is 11.3. The summed E-state index contributed by atoms with van der Waals surface area (Å²) in [5, 5.41) is 5.76. The second kappa shape index (κ2) is 5.95. The van der Waals surface area contributed by atoms with E-state index in [-0.39, 0.29) is 6.03 Å². The first-order valence-corrected chi connectivity index (χ1v) is 5.95. The number of likely N-dealkylation sites (tertiary alicyclic amines) is 1. The van der Waals surface area contributed by atoms with E-state index in [9.17, 15) is 4.79 Å². The number of rotatable bonds is 4. The Balaban J connectivity index is 2.27. The van der Waals surface area contributed by atoms with Gasteiger partial charge in [0.05, 0.1) is 0 Å². The minimum atomic E-state index is -0.0338. The van der Waals surface area contributed by atoms with Gasteiger partial charge < -0.3 is 10.6 Å². The lowest BCUT2D eigenvalue weighted by atomic mass is 10.2. The smallest absolute Gasteiger partial charge is 0.315 e. The monoisotopic (exact) mass is 213 g/mol. The number of amides is 2. The van der Waals surface area contributed by atoms with Gasteiger partial charge in [-0.15, -0.1) is 0 Å². The summed E-state index contributed by atoms with van der Waals surface area (Å²) >= 11 is 0. The molecule has 4 nitrogen and oxygen atoms in total. The van der Waals surface area contributed by atoms with E-state index in [1.165, 1.54) is 6.42 Å². The molecule has 0 aliphatic carbocycles. The summed E-state index contributed by atoms with van der Waals surface area (Å²) in [6.07, 6.45) is 2.25. The van der Waals surface area contributed by atoms with Crippen LogP contribution in [0, 0.1) is 0 Å². The van der Waals surface area contributed by atoms with Gasteiger partial charge in [-0.25, -0.2) is 4.79 Å². The maximum absolute atomic E-state index is 11.3. The van der Waals surface area contributed by atoms with Gasteiger partial charge in [0.25, 0.3) is 0 Å². The molecular formula is C11H23N3O. The van der Waals surface area contributed by atoms with Crippen LogP contribution in [0.15, 0.2) is 0 Å². The van der Waals surface area contributed by atoms with Crippen molar-refractivity contribution in [3.63, 3.8) is 0 Å². The van der Waals surface area contributed by atoms with E-state index in [0.29, 0.717) is 18.6 Å². The van der Waals surface area contributed by atoms with Gasteiger partial charge in [-0.1, -0.05) is 6.92 Å². The summed E-state index contributed by atoms with van der Waals surface area (Å²) in [4.78, 5) is 13.7. The van der Waals surface area contributed by atoms with E-state index in [1.54, 1.807) is 0 Å². The molecule has 1 aliphatic rings. The number of urea groups is 1. The van der Waals surface area contributed by atoms with Crippen LogP contribution in [0.1, 0.15) is 33.6 Å². The van der Waals surface area contributed by atoms with Crippen molar-refractivity contribution in [2.75, 3.05) is 19.6 Å². The highest BCUT2D eigenvalue weighted by molar-refractivity contribution is 5.74. The van der Waals surface area contributed by atoms with Crippen LogP contribution in [0.3, 0.4) is 0 Å². The molecule has 2 amide bonds. The predicted octanol–water partition coefficient (Wildman–Crippen LogP) is 1.18. The highest BCUT2D eigenvalue weighted by Crippen LogP contribution is 2.14. The van der Waals surface area contributed by atoms with Crippen LogP contribution in [0.25, 0.3) is 0 Å². The standard InChI is InChI=1S/C11H23N3O/c1-4-9(3)14-7-6-10(8-14)13-11(15)12-5-2/h9-10H,4-8H2,1-3H3,(H2,12,13,15). The van der Waals surface area contributed by atoms with Gasteiger partial charge in [-0.2, -0.15) is 0 Å². The molecule has 1 aliphatic heterocycles. The maximum Gasteiger partial charge on any atom is 0.315 e. The highest BCUT2D eigenvalue weighted by atomic mass is 16.2. The van der Waals surface area contributed by atoms with Crippen LogP contribution >= 0.6 is 0 Å². The van der Waals surface area contributed by atoms with Gasteiger partial charge in [0.1, 0.15) is 0 Å². The lowest BCUT2D eigenvalue weighted by molar-refractivity contribution is 0.230. The summed E-state index contributed by atoms with van der Waals surface area (Å²) in [6.45, 7) is 9.16. The van der Waals surface area contributed by atoms with Gasteiger partial charge in [0.2, 0.25) is 0 Å². The van der Waals surface area contributed by atoms with Crippen molar-refractivity contribution in [1.29, 1.82) is 0 Å². The molecule has 1 heterocycles. The summed E-state index contributed by atoms with van der Waals surface area (Å²) in [5.41, 5.74) is 0. The SMILES string of the molecule is CCNC(=O)NC1CCN(C(C)CC)C1. The molecule has 88 valence electrons. The van der Waals surface area contributed by atoms with E-state index in [4.69, 9.17) is 0 Å². The predicted molar refractivity (Wildman–Crippen MR) is 61.9 cm³/mol. The Kier molecular flexibility index (Phi) is 4.88. The number of carbonyl (C=O) groups excluding carboxylic acids is 1. The lowest BCUT2D eigenvalue weighted by Crippen LogP contribution is -2.43. The van der Waals surface area contributed by atoms with Gasteiger partial charge in [0, 0.05) is 31.7 Å². The molecule has 0 radical (unpaired) electrons. The van der Waals surface area contributed by atoms with Crippen LogP contribution in [-0.2, 0) is 0 Å². The summed E-state index contributed by atoms with van der Waals surface area (Å²) in [6, 6.07) is 0.921. The molecule has 0 spiro atoms. The zero-order valence-electron chi connectivity index (χ0n) is 10.0. The lowest BCUT2D eigenvalue weighted by Gasteiger charge is -2.23. The van der Waals surface area contributed by atoms with Gasteiger partial charge in [-0.05, 0) is 26.7 Å². The topological polar surface area (TPSA) is 44.4 Å². The fourth-order valence-corrected chi connectivity index (χ4v) is 1.96. The second-order valence-electron chi connectivity index (χ2n) is 4.24. The number of hydrogen-bond acceptors (Lipinski definition) is 2. The van der Waals surface area contributed by atoms with Crippen molar-refractivity contribution >= 4 is 6.03 Å². The molecule has 15 heavy (non-hydrogen) atoms. The van der Waals surface area contributed by atoms with E-state index in [2.05, 4.69) is 29.4 Å². The Morgan fingerprint density at radius 2 is 2.27 bits per heavy atom. The van der Waals surface area contributed by atoms with Crippen molar-refractivity contribution in [3.05, 3.63) is 0 Å². The average Bonchev–Trinajstić information content (AvgIpc) is 2.65. The molecule has 0 aromatic heterocycles. The third-order valence-corrected chi connectivity index (χ3v) is 3.11. The first-order valence-electron chi connectivity index (χ1n) is 5.95. The molecule has 1 rings (SSSR count). The summed E-state index contributed by atoms with van der Waals surface area (Å²) in [5.74, 6) is 0. The molecule has 4 heteroatoms. The Morgan fingerprint density at radius 1 is 1.53 bits per heavy atom. The number of nitrogens with one attached hydrogen (secondary N) is 2. The highest BCUT2D eigenvalue weighted by Gasteiger charge is 2.25. The third kappa shape index (κ3) is 3.70. The van der Waals surface area contributed by atoms with E-state index >= 15 is 0 Å². The Hall–Kier alpha value is -0.770. The molecule has 0 bridgehead atoms. The number of nitrogens with zero attached hydrogens (tertiary/aromatic N) is 1. The fraction of sp³-hybridized carbons (Fsp3) is 0.909. The second-order valence-corrected chi connectivity index (χ2v) is 4.24. The van der Waals surface area contributed by atoms with Crippen molar-refractivity contribution in [3.8, 4) is 0 Å². The third-order valence-electron chi connectivity index (χ3n) is 3.11. The average molecular weight is 213 g/mol. The Labute approximate surface area is 92.4 Å². The molecule has 2 unspecified atom stereocenters. The van der Waals surface area contributed by atoms with Crippen LogP contribution in [0.5, 0.6) is 0 Å². The first-order chi connectivity index (χ1) is 7.17. The van der Waals surface area contributed by atoms with Crippen LogP contribution in [0.4, 0.5) is 4.79 Å². The quantitative estimate of drug-likeness (QED) is 0.736. The van der Waals surface area contributed by atoms with E-state index < -0.39 is 0 Å². The van der Waals surface area contributed by atoms with Crippen molar-refractivity contribution in [2.24, 2.45) is 0 Å². The first kappa shape index (κ1) is 12.3. The van der Waals surface area contributed by atoms with Crippen molar-refractivity contribution < 1.29 is 4.79 Å². The molecule has 0 aromatic carbocycles. The van der Waals surface area contributed by atoms with E-state index in [0.717, 1.165) is 19.5 Å². The normalized spacial score (nSPS) is 23.8. The Morgan fingerprint density at radius 3 is 2.87 bits per heavy atom. The minimum Gasteiger partial charge on any atom is -0.338 e.